The van der Waals surface area contributed by atoms with Gasteiger partial charge in [0, 0.05) is 31.5 Å². The molecule has 2 heteroatoms. The Kier molecular flexibility index (Phi) is 3.45. The maximum absolute atomic E-state index is 11.5. The number of hydrogen-bond acceptors (Lipinski definition) is 2. The standard InChI is InChI=1S/C13H23NO/c1-3-12(8-11-4-5-11)14-7-6-13(15)10(2)9-14/h10-12H,3-9H2,1-2H3. The maximum atomic E-state index is 11.5. The molecule has 0 N–H and O–H groups in total. The number of likely N-dealkylation sites (tertiary alicyclic amines) is 1. The zero-order valence-corrected chi connectivity index (χ0v) is 10.0. The summed E-state index contributed by atoms with van der Waals surface area (Å²) in [6.45, 7) is 6.38. The van der Waals surface area contributed by atoms with Gasteiger partial charge in [0.2, 0.25) is 0 Å². The Bertz CT molecular complexity index is 235. The minimum Gasteiger partial charge on any atom is -0.299 e. The van der Waals surface area contributed by atoms with Crippen molar-refractivity contribution in [3.8, 4) is 0 Å². The first-order valence-electron chi connectivity index (χ1n) is 6.47. The number of ketones is 1. The first-order chi connectivity index (χ1) is 7.20. The summed E-state index contributed by atoms with van der Waals surface area (Å²) in [6, 6.07) is 0.744. The highest BCUT2D eigenvalue weighted by atomic mass is 16.1. The molecular formula is C13H23NO. The predicted molar refractivity (Wildman–Crippen MR) is 61.8 cm³/mol. The van der Waals surface area contributed by atoms with Crippen molar-refractivity contribution < 1.29 is 4.79 Å². The van der Waals surface area contributed by atoms with E-state index in [1.165, 1.54) is 25.7 Å². The molecule has 0 amide bonds. The predicted octanol–water partition coefficient (Wildman–Crippen LogP) is 2.48. The molecule has 0 aromatic heterocycles. The van der Waals surface area contributed by atoms with Crippen molar-refractivity contribution in [3.63, 3.8) is 0 Å². The van der Waals surface area contributed by atoms with Crippen molar-refractivity contribution in [1.82, 2.24) is 4.90 Å². The van der Waals surface area contributed by atoms with Gasteiger partial charge in [-0.15, -0.1) is 0 Å². The molecule has 0 aromatic rings. The third-order valence-corrected chi connectivity index (χ3v) is 3.99. The van der Waals surface area contributed by atoms with Crippen molar-refractivity contribution >= 4 is 5.78 Å². The molecule has 86 valence electrons. The fourth-order valence-electron chi connectivity index (χ4n) is 2.69. The summed E-state index contributed by atoms with van der Waals surface area (Å²) in [6.07, 6.45) is 6.29. The van der Waals surface area contributed by atoms with Crippen molar-refractivity contribution in [1.29, 1.82) is 0 Å². The van der Waals surface area contributed by atoms with Gasteiger partial charge in [-0.3, -0.25) is 9.69 Å². The minimum atomic E-state index is 0.270. The fourth-order valence-corrected chi connectivity index (χ4v) is 2.69. The van der Waals surface area contributed by atoms with Gasteiger partial charge in [-0.2, -0.15) is 0 Å². The Morgan fingerprint density at radius 2 is 2.20 bits per heavy atom. The Hall–Kier alpha value is -0.370. The van der Waals surface area contributed by atoms with Gasteiger partial charge in [-0.1, -0.05) is 26.7 Å². The van der Waals surface area contributed by atoms with E-state index in [1.54, 1.807) is 0 Å². The third-order valence-electron chi connectivity index (χ3n) is 3.99. The van der Waals surface area contributed by atoms with Crippen LogP contribution in [-0.4, -0.2) is 29.8 Å². The van der Waals surface area contributed by atoms with Crippen molar-refractivity contribution in [3.05, 3.63) is 0 Å². The Morgan fingerprint density at radius 1 is 1.47 bits per heavy atom. The van der Waals surface area contributed by atoms with Crippen LogP contribution in [0.25, 0.3) is 0 Å². The Balaban J connectivity index is 1.86. The van der Waals surface area contributed by atoms with E-state index >= 15 is 0 Å². The third kappa shape index (κ3) is 2.81. The fraction of sp³-hybridized carbons (Fsp3) is 0.923. The number of carbonyl (C=O) groups is 1. The van der Waals surface area contributed by atoms with Crippen LogP contribution in [0.3, 0.4) is 0 Å². The second-order valence-electron chi connectivity index (χ2n) is 5.35. The molecule has 0 radical (unpaired) electrons. The summed E-state index contributed by atoms with van der Waals surface area (Å²) in [5.41, 5.74) is 0. The highest BCUT2D eigenvalue weighted by molar-refractivity contribution is 5.81. The molecule has 2 rings (SSSR count). The summed E-state index contributed by atoms with van der Waals surface area (Å²) in [5, 5.41) is 0. The molecule has 0 spiro atoms. The molecule has 1 saturated carbocycles. The second kappa shape index (κ2) is 4.65. The molecule has 0 bridgehead atoms. The normalized spacial score (nSPS) is 30.5. The zero-order chi connectivity index (χ0) is 10.8. The molecule has 2 aliphatic rings. The largest absolute Gasteiger partial charge is 0.299 e. The maximum Gasteiger partial charge on any atom is 0.138 e. The summed E-state index contributed by atoms with van der Waals surface area (Å²) < 4.78 is 0. The lowest BCUT2D eigenvalue weighted by atomic mass is 9.95. The molecule has 2 unspecified atom stereocenters. The van der Waals surface area contributed by atoms with Gasteiger partial charge < -0.3 is 0 Å². The van der Waals surface area contributed by atoms with Gasteiger partial charge in [0.15, 0.2) is 0 Å². The average molecular weight is 209 g/mol. The van der Waals surface area contributed by atoms with Crippen LogP contribution in [0.2, 0.25) is 0 Å². The van der Waals surface area contributed by atoms with Crippen LogP contribution >= 0.6 is 0 Å². The smallest absolute Gasteiger partial charge is 0.138 e. The highest BCUT2D eigenvalue weighted by Crippen LogP contribution is 2.36. The summed E-state index contributed by atoms with van der Waals surface area (Å²) >= 11 is 0. The van der Waals surface area contributed by atoms with Crippen LogP contribution in [0, 0.1) is 11.8 Å². The van der Waals surface area contributed by atoms with Gasteiger partial charge in [-0.25, -0.2) is 0 Å². The minimum absolute atomic E-state index is 0.270. The van der Waals surface area contributed by atoms with Crippen molar-refractivity contribution in [2.75, 3.05) is 13.1 Å². The monoisotopic (exact) mass is 209 g/mol. The number of carbonyl (C=O) groups excluding carboxylic acids is 1. The van der Waals surface area contributed by atoms with Gasteiger partial charge in [-0.05, 0) is 18.8 Å². The summed E-state index contributed by atoms with van der Waals surface area (Å²) in [5.74, 6) is 1.74. The molecule has 2 fully saturated rings. The number of hydrogen-bond donors (Lipinski definition) is 0. The molecule has 1 aliphatic carbocycles. The first-order valence-corrected chi connectivity index (χ1v) is 6.47. The van der Waals surface area contributed by atoms with Gasteiger partial charge in [0.05, 0.1) is 0 Å². The van der Waals surface area contributed by atoms with E-state index in [0.29, 0.717) is 5.78 Å². The highest BCUT2D eigenvalue weighted by Gasteiger charge is 2.31. The number of piperidine rings is 1. The topological polar surface area (TPSA) is 20.3 Å². The van der Waals surface area contributed by atoms with Gasteiger partial charge >= 0.3 is 0 Å². The van der Waals surface area contributed by atoms with Crippen LogP contribution < -0.4 is 0 Å². The van der Waals surface area contributed by atoms with Crippen LogP contribution in [0.4, 0.5) is 0 Å². The molecule has 2 atom stereocenters. The number of nitrogens with zero attached hydrogens (tertiary/aromatic N) is 1. The number of rotatable bonds is 4. The number of Topliss-reactive ketones (excluding diaryl/α,β-unsaturated/α-hetero) is 1. The van der Waals surface area contributed by atoms with Gasteiger partial charge in [0.1, 0.15) is 5.78 Å². The van der Waals surface area contributed by atoms with E-state index in [2.05, 4.69) is 18.7 Å². The SMILES string of the molecule is CCC(CC1CC1)N1CCC(=O)C(C)C1. The van der Waals surface area contributed by atoms with Crippen LogP contribution in [-0.2, 0) is 4.79 Å². The second-order valence-corrected chi connectivity index (χ2v) is 5.35. The van der Waals surface area contributed by atoms with Gasteiger partial charge in [0.25, 0.3) is 0 Å². The molecule has 1 aliphatic heterocycles. The van der Waals surface area contributed by atoms with E-state index in [-0.39, 0.29) is 5.92 Å². The van der Waals surface area contributed by atoms with Crippen LogP contribution in [0.1, 0.15) is 46.0 Å². The zero-order valence-electron chi connectivity index (χ0n) is 10.0. The quantitative estimate of drug-likeness (QED) is 0.709. The molecule has 15 heavy (non-hydrogen) atoms. The van der Waals surface area contributed by atoms with E-state index in [4.69, 9.17) is 0 Å². The molecule has 1 heterocycles. The van der Waals surface area contributed by atoms with E-state index < -0.39 is 0 Å². The van der Waals surface area contributed by atoms with Crippen molar-refractivity contribution in [2.24, 2.45) is 11.8 Å². The lowest BCUT2D eigenvalue weighted by molar-refractivity contribution is -0.126. The summed E-state index contributed by atoms with van der Waals surface area (Å²) in [4.78, 5) is 14.0. The molecule has 1 saturated heterocycles. The van der Waals surface area contributed by atoms with Crippen LogP contribution in [0.5, 0.6) is 0 Å². The Morgan fingerprint density at radius 3 is 2.73 bits per heavy atom. The molecule has 2 nitrogen and oxygen atoms in total. The van der Waals surface area contributed by atoms with E-state index in [1.807, 2.05) is 0 Å². The van der Waals surface area contributed by atoms with E-state index in [9.17, 15) is 4.79 Å². The first kappa shape index (κ1) is 11.1. The lowest BCUT2D eigenvalue weighted by Crippen LogP contribution is -2.45. The average Bonchev–Trinajstić information content (AvgIpc) is 3.02. The molecular weight excluding hydrogens is 186 g/mol. The lowest BCUT2D eigenvalue weighted by Gasteiger charge is -2.36. The Labute approximate surface area is 93.0 Å². The summed E-state index contributed by atoms with van der Waals surface area (Å²) in [7, 11) is 0. The van der Waals surface area contributed by atoms with Crippen LogP contribution in [0.15, 0.2) is 0 Å². The van der Waals surface area contributed by atoms with Crippen molar-refractivity contribution in [2.45, 2.75) is 52.0 Å². The van der Waals surface area contributed by atoms with E-state index in [0.717, 1.165) is 31.5 Å². The molecule has 0 aromatic carbocycles.